The summed E-state index contributed by atoms with van der Waals surface area (Å²) in [7, 11) is 0. The number of hydrazine groups is 1. The fraction of sp³-hybridized carbons (Fsp3) is 0. The lowest BCUT2D eigenvalue weighted by atomic mass is 13.0. The molecule has 0 fully saturated rings. The lowest BCUT2D eigenvalue weighted by Gasteiger charge is -1.27. The van der Waals surface area contributed by atoms with E-state index in [9.17, 15) is 0 Å². The normalized spacial score (nSPS) is 1.20. The third kappa shape index (κ3) is 55.1. The van der Waals surface area contributed by atoms with Crippen molar-refractivity contribution in [1.82, 2.24) is 0 Å². The van der Waals surface area contributed by atoms with Crippen LogP contribution in [0, 0.1) is 0 Å². The fourth-order valence-corrected chi connectivity index (χ4v) is 0. The molecule has 0 aromatic heterocycles. The van der Waals surface area contributed by atoms with E-state index in [0.29, 0.717) is 0 Å². The highest BCUT2D eigenvalue weighted by atomic mass is 31.0. The summed E-state index contributed by atoms with van der Waals surface area (Å²) >= 11 is 0. The van der Waals surface area contributed by atoms with Gasteiger partial charge in [0.05, 0.1) is 0 Å². The summed E-state index contributed by atoms with van der Waals surface area (Å²) in [4.78, 5) is 0. The Bertz CT molecular complexity index is 9.61. The third-order valence-corrected chi connectivity index (χ3v) is 0. The Morgan fingerprint density at radius 3 is 1.00 bits per heavy atom. The highest BCUT2D eigenvalue weighted by Crippen LogP contribution is 0.861. The minimum atomic E-state index is 0. The van der Waals surface area contributed by atoms with Gasteiger partial charge in [-0.1, -0.05) is 0 Å². The molecule has 6 N–H and O–H groups in total. The predicted octanol–water partition coefficient (Wildman–Crippen LogP) is -3.13. The Kier molecular flexibility index (Phi) is 813. The van der Waals surface area contributed by atoms with E-state index in [2.05, 4.69) is 11.7 Å². The van der Waals surface area contributed by atoms with Gasteiger partial charge in [-0.2, -0.15) is 9.90 Å². The Morgan fingerprint density at radius 2 is 1.00 bits per heavy atom. The first-order valence-electron chi connectivity index (χ1n) is 0.333. The molecule has 0 aliphatic carbocycles. The molecule has 5 heteroatoms. The zero-order valence-corrected chi connectivity index (χ0v) is 3.78. The second-order valence-corrected chi connectivity index (χ2v) is 0. The molecule has 0 bridgehead atoms. The quantitative estimate of drug-likeness (QED) is 0.151. The van der Waals surface area contributed by atoms with Crippen LogP contribution in [0.2, 0.25) is 0 Å². The molecule has 0 saturated heterocycles. The van der Waals surface area contributed by atoms with Crippen LogP contribution in [0.15, 0.2) is 0 Å². The highest BCUT2D eigenvalue weighted by Gasteiger charge is 0.726. The van der Waals surface area contributed by atoms with E-state index < -0.39 is 0 Å². The van der Waals surface area contributed by atoms with Crippen molar-refractivity contribution in [2.45, 2.75) is 0 Å². The van der Waals surface area contributed by atoms with Gasteiger partial charge >= 0.3 is 0 Å². The van der Waals surface area contributed by atoms with Crippen molar-refractivity contribution in [3.63, 3.8) is 0 Å². The maximum Gasteiger partial charge on any atom is 0.187 e. The molecular weight excluding hydrogens is 102 g/mol. The van der Waals surface area contributed by atoms with Crippen LogP contribution < -0.4 is 11.7 Å². The van der Waals surface area contributed by atoms with E-state index >= 15 is 0 Å². The van der Waals surface area contributed by atoms with Gasteiger partial charge in [-0.25, -0.2) is 0 Å². The molecule has 1 atom stereocenters. The standard InChI is InChI=1S/Al.H4N2.H2O.H3P.3H/c;1-2;;;;;/h;1-2H2;1H2;1H3;;;. The van der Waals surface area contributed by atoms with Gasteiger partial charge in [0.1, 0.15) is 0 Å². The van der Waals surface area contributed by atoms with Gasteiger partial charge in [0.25, 0.3) is 0 Å². The molecule has 0 saturated carbocycles. The monoisotopic (exact) mass is 114 g/mol. The van der Waals surface area contributed by atoms with Crippen LogP contribution in [-0.4, -0.2) is 22.8 Å². The smallest absolute Gasteiger partial charge is 0.187 e. The summed E-state index contributed by atoms with van der Waals surface area (Å²) < 4.78 is 0. The largest absolute Gasteiger partial charge is 0.412 e. The van der Waals surface area contributed by atoms with E-state index in [1.165, 1.54) is 0 Å². The molecule has 0 heterocycles. The van der Waals surface area contributed by atoms with Gasteiger partial charge < -0.3 is 5.48 Å². The maximum atomic E-state index is 4.00. The fourth-order valence-electron chi connectivity index (χ4n) is 0. The number of rotatable bonds is 0. The van der Waals surface area contributed by atoms with Crippen molar-refractivity contribution in [3.8, 4) is 0 Å². The lowest BCUT2D eigenvalue weighted by molar-refractivity contribution is 0.824. The van der Waals surface area contributed by atoms with E-state index in [1.807, 2.05) is 0 Å². The van der Waals surface area contributed by atoms with Gasteiger partial charge in [-0.05, 0) is 0 Å². The first-order chi connectivity index (χ1) is 1.00. The topological polar surface area (TPSA) is 83.5 Å². The van der Waals surface area contributed by atoms with Crippen LogP contribution >= 0.6 is 9.90 Å². The maximum absolute atomic E-state index is 4.00. The molecule has 3 nitrogen and oxygen atoms in total. The molecule has 0 spiro atoms. The van der Waals surface area contributed by atoms with Gasteiger partial charge in [-0.15, -0.1) is 0 Å². The average molecular weight is 114 g/mol. The number of nitrogens with two attached hydrogens (primary N) is 2. The minimum Gasteiger partial charge on any atom is -0.412 e. The summed E-state index contributed by atoms with van der Waals surface area (Å²) in [5, 5.41) is 0. The zero-order valence-electron chi connectivity index (χ0n) is 2.36. The minimum absolute atomic E-state index is 0. The van der Waals surface area contributed by atoms with Crippen LogP contribution in [0.1, 0.15) is 0 Å². The Labute approximate surface area is 45.1 Å². The van der Waals surface area contributed by atoms with Crippen LogP contribution in [0.25, 0.3) is 0 Å². The Balaban J connectivity index is -0.00000000167. The van der Waals surface area contributed by atoms with E-state index in [4.69, 9.17) is 0 Å². The molecule has 0 aromatic carbocycles. The number of hydrogen-bond acceptors (Lipinski definition) is 2. The molecule has 0 aromatic rings. The molecule has 5 heavy (non-hydrogen) atoms. The summed E-state index contributed by atoms with van der Waals surface area (Å²) in [5.41, 5.74) is 0. The SMILES string of the molecule is NN.O.P.[AlH3]. The molecule has 0 radical (unpaired) electrons. The first kappa shape index (κ1) is 40.4. The van der Waals surface area contributed by atoms with Crippen molar-refractivity contribution in [2.75, 3.05) is 0 Å². The van der Waals surface area contributed by atoms with Gasteiger partial charge in [0, 0.05) is 0 Å². The van der Waals surface area contributed by atoms with Gasteiger partial charge in [0.2, 0.25) is 0 Å². The van der Waals surface area contributed by atoms with Gasteiger partial charge in [-0.3, -0.25) is 11.7 Å². The zero-order chi connectivity index (χ0) is 2.00. The Morgan fingerprint density at radius 1 is 1.00 bits per heavy atom. The van der Waals surface area contributed by atoms with E-state index in [-0.39, 0.29) is 32.7 Å². The van der Waals surface area contributed by atoms with Crippen molar-refractivity contribution in [1.29, 1.82) is 0 Å². The van der Waals surface area contributed by atoms with E-state index in [0.717, 1.165) is 0 Å². The molecule has 36 valence electrons. The van der Waals surface area contributed by atoms with Crippen molar-refractivity contribution < 1.29 is 5.48 Å². The third-order valence-electron chi connectivity index (χ3n) is 0. The summed E-state index contributed by atoms with van der Waals surface area (Å²) in [6, 6.07) is 0. The summed E-state index contributed by atoms with van der Waals surface area (Å²) in [5.74, 6) is 8.00. The lowest BCUT2D eigenvalue weighted by Crippen LogP contribution is -2.02. The van der Waals surface area contributed by atoms with E-state index in [1.54, 1.807) is 0 Å². The van der Waals surface area contributed by atoms with Crippen LogP contribution in [0.5, 0.6) is 0 Å². The second-order valence-electron chi connectivity index (χ2n) is 0. The van der Waals surface area contributed by atoms with Crippen molar-refractivity contribution in [2.24, 2.45) is 11.7 Å². The molecule has 0 aliphatic heterocycles. The summed E-state index contributed by atoms with van der Waals surface area (Å²) in [6.07, 6.45) is 0. The first-order valence-corrected chi connectivity index (χ1v) is 0.333. The molecular formula is H12AlN2OP. The van der Waals surface area contributed by atoms with Crippen molar-refractivity contribution in [3.05, 3.63) is 0 Å². The van der Waals surface area contributed by atoms with Crippen molar-refractivity contribution >= 4 is 27.3 Å². The molecule has 0 amide bonds. The highest BCUT2D eigenvalue weighted by molar-refractivity contribution is 6.92. The van der Waals surface area contributed by atoms with Crippen LogP contribution in [0.3, 0.4) is 0 Å². The average Bonchev–Trinajstić information content (AvgIpc) is 1.00. The molecule has 1 unspecified atom stereocenters. The predicted molar refractivity (Wildman–Crippen MR) is 33.0 cm³/mol. The molecule has 0 rings (SSSR count). The van der Waals surface area contributed by atoms with Crippen LogP contribution in [-0.2, 0) is 0 Å². The number of hydrogen-bond donors (Lipinski definition) is 2. The summed E-state index contributed by atoms with van der Waals surface area (Å²) in [6.45, 7) is 0. The molecule has 0 aliphatic rings. The van der Waals surface area contributed by atoms with Gasteiger partial charge in [0.15, 0.2) is 17.4 Å². The van der Waals surface area contributed by atoms with Crippen LogP contribution in [0.4, 0.5) is 0 Å². The Hall–Kier alpha value is 0.842. The second kappa shape index (κ2) is 101.